The summed E-state index contributed by atoms with van der Waals surface area (Å²) >= 11 is 0. The second kappa shape index (κ2) is 5.76. The third-order valence-electron chi connectivity index (χ3n) is 4.74. The minimum atomic E-state index is -0.317. The van der Waals surface area contributed by atoms with Gasteiger partial charge in [0.25, 0.3) is 0 Å². The maximum absolute atomic E-state index is 14.1. The van der Waals surface area contributed by atoms with Crippen LogP contribution in [-0.4, -0.2) is 23.4 Å². The molecule has 2 fully saturated rings. The molecule has 1 N–H and O–H groups in total. The maximum atomic E-state index is 14.1. The van der Waals surface area contributed by atoms with Crippen LogP contribution in [0.4, 0.5) is 4.39 Å². The molecule has 1 aliphatic carbocycles. The fourth-order valence-electron chi connectivity index (χ4n) is 3.23. The lowest BCUT2D eigenvalue weighted by molar-refractivity contribution is -0.130. The summed E-state index contributed by atoms with van der Waals surface area (Å²) < 4.78 is 14.1. The summed E-state index contributed by atoms with van der Waals surface area (Å²) in [5.41, 5.74) is 0.581. The van der Waals surface area contributed by atoms with E-state index >= 15 is 0 Å². The van der Waals surface area contributed by atoms with Crippen molar-refractivity contribution in [3.63, 3.8) is 0 Å². The van der Waals surface area contributed by atoms with Crippen LogP contribution in [0.15, 0.2) is 24.3 Å². The van der Waals surface area contributed by atoms with E-state index in [0.29, 0.717) is 17.4 Å². The van der Waals surface area contributed by atoms with E-state index in [4.69, 9.17) is 0 Å². The molecule has 3 nitrogen and oxygen atoms in total. The maximum Gasteiger partial charge on any atom is 0.241 e. The first-order chi connectivity index (χ1) is 10.1. The Balaban J connectivity index is 1.84. The third-order valence-corrected chi connectivity index (χ3v) is 4.74. The second-order valence-corrected chi connectivity index (χ2v) is 6.40. The fraction of sp³-hybridized carbons (Fsp3) is 0.588. The van der Waals surface area contributed by atoms with E-state index in [-0.39, 0.29) is 23.9 Å². The van der Waals surface area contributed by atoms with Crippen LogP contribution in [0.2, 0.25) is 0 Å². The molecule has 1 aliphatic heterocycles. The molecular formula is C17H23FN2O. The van der Waals surface area contributed by atoms with Gasteiger partial charge in [0.2, 0.25) is 5.91 Å². The number of nitrogens with one attached hydrogen (secondary N) is 1. The van der Waals surface area contributed by atoms with Gasteiger partial charge < -0.3 is 4.90 Å². The van der Waals surface area contributed by atoms with Gasteiger partial charge in [-0.3, -0.25) is 10.1 Å². The first-order valence-electron chi connectivity index (χ1n) is 7.92. The number of benzene rings is 1. The highest BCUT2D eigenvalue weighted by atomic mass is 19.1. The van der Waals surface area contributed by atoms with Crippen molar-refractivity contribution in [1.82, 2.24) is 10.2 Å². The molecule has 0 radical (unpaired) electrons. The summed E-state index contributed by atoms with van der Waals surface area (Å²) in [4.78, 5) is 14.5. The van der Waals surface area contributed by atoms with Gasteiger partial charge in [-0.05, 0) is 30.7 Å². The molecule has 4 atom stereocenters. The molecule has 1 aromatic carbocycles. The van der Waals surface area contributed by atoms with E-state index in [9.17, 15) is 9.18 Å². The Kier molecular flexibility index (Phi) is 3.98. The largest absolute Gasteiger partial charge is 0.321 e. The SMILES string of the molecule is CCCC1NC(c2ccccc2F)N(CC2CC2C)C1=O. The molecule has 1 amide bonds. The molecule has 21 heavy (non-hydrogen) atoms. The molecule has 0 aromatic heterocycles. The Morgan fingerprint density at radius 2 is 2.10 bits per heavy atom. The molecule has 3 rings (SSSR count). The van der Waals surface area contributed by atoms with Gasteiger partial charge in [-0.2, -0.15) is 0 Å². The predicted octanol–water partition coefficient (Wildman–Crippen LogP) is 3.08. The molecule has 2 aliphatic rings. The monoisotopic (exact) mass is 290 g/mol. The van der Waals surface area contributed by atoms with Crippen LogP contribution in [0.3, 0.4) is 0 Å². The number of carbonyl (C=O) groups excluding carboxylic acids is 1. The van der Waals surface area contributed by atoms with Crippen molar-refractivity contribution >= 4 is 5.91 Å². The van der Waals surface area contributed by atoms with E-state index in [0.717, 1.165) is 19.4 Å². The Morgan fingerprint density at radius 1 is 1.38 bits per heavy atom. The van der Waals surface area contributed by atoms with Crippen LogP contribution < -0.4 is 5.32 Å². The van der Waals surface area contributed by atoms with Crippen molar-refractivity contribution in [2.45, 2.75) is 45.3 Å². The molecule has 0 spiro atoms. The van der Waals surface area contributed by atoms with Gasteiger partial charge in [0.05, 0.1) is 6.04 Å². The molecular weight excluding hydrogens is 267 g/mol. The highest BCUT2D eigenvalue weighted by Crippen LogP contribution is 2.41. The smallest absolute Gasteiger partial charge is 0.241 e. The van der Waals surface area contributed by atoms with Crippen molar-refractivity contribution in [3.8, 4) is 0 Å². The number of carbonyl (C=O) groups is 1. The van der Waals surface area contributed by atoms with E-state index in [1.165, 1.54) is 12.5 Å². The zero-order chi connectivity index (χ0) is 15.0. The molecule has 1 aromatic rings. The summed E-state index contributed by atoms with van der Waals surface area (Å²) in [7, 11) is 0. The van der Waals surface area contributed by atoms with E-state index in [1.54, 1.807) is 12.1 Å². The van der Waals surface area contributed by atoms with Gasteiger partial charge in [-0.15, -0.1) is 0 Å². The van der Waals surface area contributed by atoms with Gasteiger partial charge in [0.1, 0.15) is 12.0 Å². The highest BCUT2D eigenvalue weighted by molar-refractivity contribution is 5.84. The predicted molar refractivity (Wildman–Crippen MR) is 80.0 cm³/mol. The normalized spacial score (nSPS) is 31.8. The van der Waals surface area contributed by atoms with Crippen LogP contribution in [0, 0.1) is 17.7 Å². The summed E-state index contributed by atoms with van der Waals surface area (Å²) in [5, 5.41) is 3.33. The number of nitrogens with zero attached hydrogens (tertiary/aromatic N) is 1. The second-order valence-electron chi connectivity index (χ2n) is 6.40. The zero-order valence-corrected chi connectivity index (χ0v) is 12.7. The minimum absolute atomic E-state index is 0.129. The van der Waals surface area contributed by atoms with E-state index in [1.807, 2.05) is 11.0 Å². The van der Waals surface area contributed by atoms with Crippen LogP contribution in [-0.2, 0) is 4.79 Å². The lowest BCUT2D eigenvalue weighted by Crippen LogP contribution is -2.33. The number of rotatable bonds is 5. The number of amides is 1. The lowest BCUT2D eigenvalue weighted by Gasteiger charge is -2.25. The third kappa shape index (κ3) is 2.82. The van der Waals surface area contributed by atoms with Crippen LogP contribution in [0.25, 0.3) is 0 Å². The standard InChI is InChI=1S/C17H23FN2O/c1-3-6-15-17(21)20(10-12-9-11(12)2)16(19-15)13-7-4-5-8-14(13)18/h4-5,7-8,11-12,15-16,19H,3,6,9-10H2,1-2H3. The first-order valence-corrected chi connectivity index (χ1v) is 7.92. The summed E-state index contributed by atoms with van der Waals surface area (Å²) in [5.74, 6) is 1.15. The van der Waals surface area contributed by atoms with Gasteiger partial charge in [-0.25, -0.2) is 4.39 Å². The number of hydrogen-bond donors (Lipinski definition) is 1. The Morgan fingerprint density at radius 3 is 2.71 bits per heavy atom. The summed E-state index contributed by atoms with van der Waals surface area (Å²) in [6.45, 7) is 5.02. The molecule has 1 heterocycles. The molecule has 114 valence electrons. The Labute approximate surface area is 125 Å². The molecule has 0 bridgehead atoms. The molecule has 4 heteroatoms. The van der Waals surface area contributed by atoms with Gasteiger partial charge in [-0.1, -0.05) is 38.5 Å². The quantitative estimate of drug-likeness (QED) is 0.904. The Bertz CT molecular complexity index is 533. The van der Waals surface area contributed by atoms with Crippen LogP contribution >= 0.6 is 0 Å². The van der Waals surface area contributed by atoms with Gasteiger partial charge >= 0.3 is 0 Å². The van der Waals surface area contributed by atoms with Crippen molar-refractivity contribution in [2.75, 3.05) is 6.54 Å². The Hall–Kier alpha value is -1.42. The lowest BCUT2D eigenvalue weighted by atomic mass is 10.1. The van der Waals surface area contributed by atoms with E-state index in [2.05, 4.69) is 19.2 Å². The summed E-state index contributed by atoms with van der Waals surface area (Å²) in [6.07, 6.45) is 2.61. The fourth-order valence-corrected chi connectivity index (χ4v) is 3.23. The van der Waals surface area contributed by atoms with Crippen LogP contribution in [0.5, 0.6) is 0 Å². The van der Waals surface area contributed by atoms with Gasteiger partial charge in [0, 0.05) is 12.1 Å². The number of halogens is 1. The summed E-state index contributed by atoms with van der Waals surface area (Å²) in [6, 6.07) is 6.58. The number of hydrogen-bond acceptors (Lipinski definition) is 2. The molecule has 1 saturated carbocycles. The topological polar surface area (TPSA) is 32.3 Å². The highest BCUT2D eigenvalue weighted by Gasteiger charge is 2.44. The van der Waals surface area contributed by atoms with Crippen LogP contribution in [0.1, 0.15) is 44.8 Å². The molecule has 4 unspecified atom stereocenters. The van der Waals surface area contributed by atoms with Crippen molar-refractivity contribution in [3.05, 3.63) is 35.6 Å². The first kappa shape index (κ1) is 14.5. The minimum Gasteiger partial charge on any atom is -0.321 e. The average molecular weight is 290 g/mol. The molecule has 1 saturated heterocycles. The van der Waals surface area contributed by atoms with E-state index < -0.39 is 0 Å². The average Bonchev–Trinajstić information content (AvgIpc) is 3.08. The van der Waals surface area contributed by atoms with Crippen molar-refractivity contribution in [1.29, 1.82) is 0 Å². The van der Waals surface area contributed by atoms with Crippen molar-refractivity contribution < 1.29 is 9.18 Å². The zero-order valence-electron chi connectivity index (χ0n) is 12.7. The van der Waals surface area contributed by atoms with Crippen molar-refractivity contribution in [2.24, 2.45) is 11.8 Å². The van der Waals surface area contributed by atoms with Gasteiger partial charge in [0.15, 0.2) is 0 Å².